The predicted molar refractivity (Wildman–Crippen MR) is 154 cm³/mol. The van der Waals surface area contributed by atoms with Crippen LogP contribution in [0.1, 0.15) is 47.9 Å². The highest BCUT2D eigenvalue weighted by molar-refractivity contribution is 8.00. The molecule has 0 saturated carbocycles. The number of nitrogens with one attached hydrogen (secondary N) is 3. The molecule has 1 amide bonds. The highest BCUT2D eigenvalue weighted by Gasteiger charge is 2.19. The number of thioether (sulfide) groups is 1. The third-order valence-corrected chi connectivity index (χ3v) is 6.81. The summed E-state index contributed by atoms with van der Waals surface area (Å²) in [6, 6.07) is 21.4. The molecule has 3 rings (SSSR count). The van der Waals surface area contributed by atoms with Gasteiger partial charge in [-0.1, -0.05) is 13.0 Å². The third-order valence-electron chi connectivity index (χ3n) is 5.25. The molecule has 0 aliphatic carbocycles. The van der Waals surface area contributed by atoms with Gasteiger partial charge >= 0.3 is 5.97 Å². The molecule has 37 heavy (non-hydrogen) atoms. The maximum Gasteiger partial charge on any atom is 0.338 e. The number of benzene rings is 3. The molecule has 0 saturated heterocycles. The van der Waals surface area contributed by atoms with Crippen LogP contribution in [0.5, 0.6) is 0 Å². The first-order chi connectivity index (χ1) is 17.8. The number of ether oxygens (including phenoxy) is 1. The number of rotatable bonds is 10. The predicted octanol–water partition coefficient (Wildman–Crippen LogP) is 6.38. The number of amides is 1. The minimum absolute atomic E-state index is 0.00698. The van der Waals surface area contributed by atoms with E-state index in [9.17, 15) is 14.4 Å². The first kappa shape index (κ1) is 27.9. The largest absolute Gasteiger partial charge is 0.462 e. The van der Waals surface area contributed by atoms with Crippen LogP contribution in [-0.4, -0.2) is 34.6 Å². The van der Waals surface area contributed by atoms with E-state index >= 15 is 0 Å². The minimum Gasteiger partial charge on any atom is -0.462 e. The van der Waals surface area contributed by atoms with Crippen molar-refractivity contribution in [1.82, 2.24) is 0 Å². The van der Waals surface area contributed by atoms with E-state index < -0.39 is 5.97 Å². The molecule has 0 aliphatic heterocycles. The van der Waals surface area contributed by atoms with Crippen molar-refractivity contribution in [3.63, 3.8) is 0 Å². The highest BCUT2D eigenvalue weighted by Crippen LogP contribution is 2.29. The number of Topliss-reactive ketones (excluding diaryl/α,β-unsaturated/α-hetero) is 1. The number of ketones is 1. The maximum absolute atomic E-state index is 12.9. The Bertz CT molecular complexity index is 1260. The van der Waals surface area contributed by atoms with Gasteiger partial charge in [-0.2, -0.15) is 0 Å². The zero-order valence-corrected chi connectivity index (χ0v) is 22.5. The van der Waals surface area contributed by atoms with Crippen LogP contribution < -0.4 is 16.0 Å². The molecule has 7 nitrogen and oxygen atoms in total. The Balaban J connectivity index is 1.57. The molecule has 1 unspecified atom stereocenters. The highest BCUT2D eigenvalue weighted by atomic mass is 32.2. The molecule has 0 bridgehead atoms. The summed E-state index contributed by atoms with van der Waals surface area (Å²) >= 11 is 6.88. The molecular formula is C28H29N3O4S2. The number of esters is 1. The lowest BCUT2D eigenvalue weighted by atomic mass is 10.1. The first-order valence-electron chi connectivity index (χ1n) is 11.8. The summed E-state index contributed by atoms with van der Waals surface area (Å²) in [4.78, 5) is 37.1. The Hall–Kier alpha value is -3.69. The number of thiocarbonyl (C=S) groups is 1. The van der Waals surface area contributed by atoms with Gasteiger partial charge in [-0.3, -0.25) is 9.59 Å². The van der Waals surface area contributed by atoms with Crippen molar-refractivity contribution in [3.8, 4) is 0 Å². The maximum atomic E-state index is 12.9. The quantitative estimate of drug-likeness (QED) is 0.119. The minimum atomic E-state index is -0.392. The van der Waals surface area contributed by atoms with Crippen molar-refractivity contribution in [1.29, 1.82) is 0 Å². The summed E-state index contributed by atoms with van der Waals surface area (Å²) in [5.41, 5.74) is 3.24. The third kappa shape index (κ3) is 8.44. The fraction of sp³-hybridized carbons (Fsp3) is 0.214. The zero-order chi connectivity index (χ0) is 26.8. The van der Waals surface area contributed by atoms with Gasteiger partial charge in [0.1, 0.15) is 0 Å². The van der Waals surface area contributed by atoms with Crippen molar-refractivity contribution in [2.45, 2.75) is 37.3 Å². The number of carbonyl (C=O) groups excluding carboxylic acids is 3. The van der Waals surface area contributed by atoms with Gasteiger partial charge < -0.3 is 20.7 Å². The second-order valence-electron chi connectivity index (χ2n) is 8.04. The molecule has 0 radical (unpaired) electrons. The monoisotopic (exact) mass is 535 g/mol. The molecule has 0 aliphatic rings. The summed E-state index contributed by atoms with van der Waals surface area (Å²) in [7, 11) is 0. The van der Waals surface area contributed by atoms with Gasteiger partial charge in [-0.05, 0) is 99.2 Å². The van der Waals surface area contributed by atoms with E-state index in [-0.39, 0.29) is 16.9 Å². The molecule has 0 heterocycles. The van der Waals surface area contributed by atoms with Crippen molar-refractivity contribution in [2.24, 2.45) is 0 Å². The summed E-state index contributed by atoms with van der Waals surface area (Å²) < 4.78 is 4.99. The topological polar surface area (TPSA) is 96.5 Å². The first-order valence-corrected chi connectivity index (χ1v) is 13.1. The molecule has 0 fully saturated rings. The van der Waals surface area contributed by atoms with E-state index in [4.69, 9.17) is 17.0 Å². The Morgan fingerprint density at radius 1 is 0.838 bits per heavy atom. The van der Waals surface area contributed by atoms with E-state index in [1.165, 1.54) is 18.7 Å². The average molecular weight is 536 g/mol. The van der Waals surface area contributed by atoms with Crippen LogP contribution in [0.3, 0.4) is 0 Å². The zero-order valence-electron chi connectivity index (χ0n) is 20.9. The molecule has 3 aromatic rings. The normalized spacial score (nSPS) is 11.2. The summed E-state index contributed by atoms with van der Waals surface area (Å²) in [6.45, 7) is 5.54. The molecule has 192 valence electrons. The summed E-state index contributed by atoms with van der Waals surface area (Å²) in [5, 5.41) is 9.27. The van der Waals surface area contributed by atoms with Crippen LogP contribution >= 0.6 is 24.0 Å². The molecular weight excluding hydrogens is 506 g/mol. The van der Waals surface area contributed by atoms with Crippen LogP contribution in [0, 0.1) is 0 Å². The molecule has 0 spiro atoms. The van der Waals surface area contributed by atoms with Crippen LogP contribution in [0.4, 0.5) is 17.1 Å². The number of hydrogen-bond acceptors (Lipinski definition) is 6. The summed E-state index contributed by atoms with van der Waals surface area (Å²) in [6.07, 6.45) is 0.630. The average Bonchev–Trinajstić information content (AvgIpc) is 2.88. The van der Waals surface area contributed by atoms with Gasteiger partial charge in [0, 0.05) is 27.5 Å². The lowest BCUT2D eigenvalue weighted by Gasteiger charge is -2.16. The van der Waals surface area contributed by atoms with Crippen LogP contribution in [0.2, 0.25) is 0 Å². The standard InChI is InChI=1S/C28H29N3O4S2/c1-4-25(26(33)29-21-15-11-20(12-16-21)27(34)35-5-2)37-24-8-6-7-23(17-24)31-28(36)30-22-13-9-19(10-14-22)18(3)32/h6-17,25H,4-5H2,1-3H3,(H,29,33)(H2,30,31,36). The molecule has 3 aromatic carbocycles. The van der Waals surface area contributed by atoms with Gasteiger partial charge in [0.05, 0.1) is 17.4 Å². The Labute approximate surface area is 226 Å². The Morgan fingerprint density at radius 2 is 1.43 bits per heavy atom. The summed E-state index contributed by atoms with van der Waals surface area (Å²) in [5.74, 6) is -0.509. The number of hydrogen-bond donors (Lipinski definition) is 3. The fourth-order valence-corrected chi connectivity index (χ4v) is 4.59. The molecule has 9 heteroatoms. The van der Waals surface area contributed by atoms with Gasteiger partial charge in [0.15, 0.2) is 10.9 Å². The van der Waals surface area contributed by atoms with Crippen LogP contribution in [-0.2, 0) is 9.53 Å². The lowest BCUT2D eigenvalue weighted by Crippen LogP contribution is -2.24. The van der Waals surface area contributed by atoms with Crippen molar-refractivity contribution in [2.75, 3.05) is 22.6 Å². The van der Waals surface area contributed by atoms with Gasteiger partial charge in [-0.15, -0.1) is 11.8 Å². The number of anilines is 3. The van der Waals surface area contributed by atoms with E-state index in [2.05, 4.69) is 16.0 Å². The lowest BCUT2D eigenvalue weighted by molar-refractivity contribution is -0.115. The SMILES string of the molecule is CCOC(=O)c1ccc(NC(=O)C(CC)Sc2cccc(NC(=S)Nc3ccc(C(C)=O)cc3)c2)cc1. The Morgan fingerprint density at radius 3 is 2.03 bits per heavy atom. The fourth-order valence-electron chi connectivity index (χ4n) is 3.34. The van der Waals surface area contributed by atoms with Crippen molar-refractivity contribution < 1.29 is 19.1 Å². The molecule has 0 aromatic heterocycles. The van der Waals surface area contributed by atoms with Crippen LogP contribution in [0.25, 0.3) is 0 Å². The molecule has 1 atom stereocenters. The number of carbonyl (C=O) groups is 3. The van der Waals surface area contributed by atoms with Gasteiger partial charge in [0.25, 0.3) is 0 Å². The van der Waals surface area contributed by atoms with Crippen molar-refractivity contribution in [3.05, 3.63) is 83.9 Å². The van der Waals surface area contributed by atoms with E-state index in [1.54, 1.807) is 55.5 Å². The van der Waals surface area contributed by atoms with Gasteiger partial charge in [0.2, 0.25) is 5.91 Å². The van der Waals surface area contributed by atoms with E-state index in [0.717, 1.165) is 16.3 Å². The van der Waals surface area contributed by atoms with Crippen molar-refractivity contribution >= 4 is 63.8 Å². The van der Waals surface area contributed by atoms with Gasteiger partial charge in [-0.25, -0.2) is 4.79 Å². The van der Waals surface area contributed by atoms with E-state index in [1.807, 2.05) is 31.2 Å². The Kier molecular flexibility index (Phi) is 10.2. The molecule has 3 N–H and O–H groups in total. The second-order valence-corrected chi connectivity index (χ2v) is 9.73. The van der Waals surface area contributed by atoms with Crippen LogP contribution in [0.15, 0.2) is 77.7 Å². The van der Waals surface area contributed by atoms with E-state index in [0.29, 0.717) is 35.0 Å². The smallest absolute Gasteiger partial charge is 0.338 e. The second kappa shape index (κ2) is 13.6.